The zero-order valence-corrected chi connectivity index (χ0v) is 13.0. The maximum absolute atomic E-state index is 13.0. The summed E-state index contributed by atoms with van der Waals surface area (Å²) < 4.78 is 18.3. The standard InChI is InChI=1S/C17H21FN4O/c18-14-3-5-15(6-4-14)21-9-11-22(12-10-21)17(19)20-8-7-16-2-1-13-23-16/h1-6,13H,7-12H2,(H2,19,20). The van der Waals surface area contributed by atoms with Crippen LogP contribution < -0.4 is 10.6 Å². The number of nitrogens with two attached hydrogens (primary N) is 1. The number of aliphatic imine (C=N–C) groups is 1. The second-order valence-electron chi connectivity index (χ2n) is 5.52. The molecule has 6 heteroatoms. The van der Waals surface area contributed by atoms with E-state index in [4.69, 9.17) is 10.2 Å². The van der Waals surface area contributed by atoms with Crippen LogP contribution in [0.1, 0.15) is 5.76 Å². The van der Waals surface area contributed by atoms with E-state index in [-0.39, 0.29) is 5.82 Å². The third-order valence-electron chi connectivity index (χ3n) is 4.01. The molecular formula is C17H21FN4O. The van der Waals surface area contributed by atoms with Crippen LogP contribution in [0.2, 0.25) is 0 Å². The summed E-state index contributed by atoms with van der Waals surface area (Å²) in [5, 5.41) is 0. The molecule has 0 unspecified atom stereocenters. The number of furan rings is 1. The van der Waals surface area contributed by atoms with Crippen molar-refractivity contribution >= 4 is 11.6 Å². The van der Waals surface area contributed by atoms with Crippen molar-refractivity contribution in [3.05, 3.63) is 54.2 Å². The third kappa shape index (κ3) is 4.03. The molecule has 3 rings (SSSR count). The highest BCUT2D eigenvalue weighted by molar-refractivity contribution is 5.78. The molecule has 2 aromatic rings. The fourth-order valence-electron chi connectivity index (χ4n) is 2.68. The number of rotatable bonds is 4. The predicted octanol–water partition coefficient (Wildman–Crippen LogP) is 2.10. The summed E-state index contributed by atoms with van der Waals surface area (Å²) in [7, 11) is 0. The van der Waals surface area contributed by atoms with Gasteiger partial charge in [0.2, 0.25) is 0 Å². The highest BCUT2D eigenvalue weighted by Gasteiger charge is 2.18. The van der Waals surface area contributed by atoms with Crippen molar-refractivity contribution in [2.45, 2.75) is 6.42 Å². The lowest BCUT2D eigenvalue weighted by atomic mass is 10.2. The van der Waals surface area contributed by atoms with Gasteiger partial charge in [0, 0.05) is 44.8 Å². The van der Waals surface area contributed by atoms with E-state index in [9.17, 15) is 4.39 Å². The average molecular weight is 316 g/mol. The van der Waals surface area contributed by atoms with Crippen LogP contribution in [0.25, 0.3) is 0 Å². The van der Waals surface area contributed by atoms with Gasteiger partial charge < -0.3 is 20.0 Å². The van der Waals surface area contributed by atoms with Gasteiger partial charge in [-0.25, -0.2) is 4.39 Å². The fraction of sp³-hybridized carbons (Fsp3) is 0.353. The van der Waals surface area contributed by atoms with Gasteiger partial charge in [0.05, 0.1) is 6.26 Å². The molecule has 2 N–H and O–H groups in total. The lowest BCUT2D eigenvalue weighted by Gasteiger charge is -2.36. The Morgan fingerprint density at radius 2 is 1.87 bits per heavy atom. The van der Waals surface area contributed by atoms with Gasteiger partial charge in [0.1, 0.15) is 11.6 Å². The molecule has 1 aromatic carbocycles. The van der Waals surface area contributed by atoms with Crippen LogP contribution in [-0.4, -0.2) is 43.6 Å². The summed E-state index contributed by atoms with van der Waals surface area (Å²) in [6, 6.07) is 10.4. The quantitative estimate of drug-likeness (QED) is 0.693. The van der Waals surface area contributed by atoms with Crippen LogP contribution in [0.3, 0.4) is 0 Å². The van der Waals surface area contributed by atoms with Gasteiger partial charge in [-0.2, -0.15) is 0 Å². The molecule has 0 saturated carbocycles. The SMILES string of the molecule is NC(=NCCc1ccco1)N1CCN(c2ccc(F)cc2)CC1. The molecule has 0 amide bonds. The molecule has 0 atom stereocenters. The van der Waals surface area contributed by atoms with Gasteiger partial charge >= 0.3 is 0 Å². The molecule has 0 spiro atoms. The van der Waals surface area contributed by atoms with Gasteiger partial charge in [-0.05, 0) is 36.4 Å². The molecule has 2 heterocycles. The molecule has 0 bridgehead atoms. The summed E-state index contributed by atoms with van der Waals surface area (Å²) in [4.78, 5) is 8.74. The smallest absolute Gasteiger partial charge is 0.191 e. The number of halogens is 1. The normalized spacial score (nSPS) is 16.0. The molecule has 1 aromatic heterocycles. The van der Waals surface area contributed by atoms with Crippen LogP contribution in [0.15, 0.2) is 52.1 Å². The monoisotopic (exact) mass is 316 g/mol. The number of nitrogens with zero attached hydrogens (tertiary/aromatic N) is 3. The van der Waals surface area contributed by atoms with Crippen LogP contribution in [0.5, 0.6) is 0 Å². The first-order valence-corrected chi connectivity index (χ1v) is 7.80. The Morgan fingerprint density at radius 1 is 1.13 bits per heavy atom. The van der Waals surface area contributed by atoms with E-state index >= 15 is 0 Å². The maximum Gasteiger partial charge on any atom is 0.191 e. The Kier molecular flexibility index (Phi) is 4.80. The molecular weight excluding hydrogens is 295 g/mol. The Hall–Kier alpha value is -2.50. The van der Waals surface area contributed by atoms with Crippen molar-refractivity contribution < 1.29 is 8.81 Å². The van der Waals surface area contributed by atoms with E-state index in [0.717, 1.165) is 44.0 Å². The number of hydrogen-bond acceptors (Lipinski definition) is 3. The first-order chi connectivity index (χ1) is 11.2. The number of guanidine groups is 1. The minimum absolute atomic E-state index is 0.208. The summed E-state index contributed by atoms with van der Waals surface area (Å²) >= 11 is 0. The van der Waals surface area contributed by atoms with Crippen LogP contribution >= 0.6 is 0 Å². The molecule has 1 aliphatic heterocycles. The van der Waals surface area contributed by atoms with Crippen LogP contribution in [0, 0.1) is 5.82 Å². The zero-order valence-electron chi connectivity index (χ0n) is 13.0. The van der Waals surface area contributed by atoms with Crippen LogP contribution in [0.4, 0.5) is 10.1 Å². The molecule has 0 radical (unpaired) electrons. The van der Waals surface area contributed by atoms with Crippen LogP contribution in [-0.2, 0) is 6.42 Å². The Morgan fingerprint density at radius 3 is 2.52 bits per heavy atom. The fourth-order valence-corrected chi connectivity index (χ4v) is 2.68. The summed E-state index contributed by atoms with van der Waals surface area (Å²) in [5.41, 5.74) is 7.11. The minimum atomic E-state index is -0.208. The van der Waals surface area contributed by atoms with Gasteiger partial charge in [0.15, 0.2) is 5.96 Å². The lowest BCUT2D eigenvalue weighted by Crippen LogP contribution is -2.51. The number of piperazine rings is 1. The van der Waals surface area contributed by atoms with E-state index in [1.165, 1.54) is 12.1 Å². The largest absolute Gasteiger partial charge is 0.469 e. The van der Waals surface area contributed by atoms with Crippen molar-refractivity contribution in [3.8, 4) is 0 Å². The first kappa shape index (κ1) is 15.4. The first-order valence-electron chi connectivity index (χ1n) is 7.80. The second kappa shape index (κ2) is 7.17. The lowest BCUT2D eigenvalue weighted by molar-refractivity contribution is 0.380. The van der Waals surface area contributed by atoms with Gasteiger partial charge in [0.25, 0.3) is 0 Å². The Balaban J connectivity index is 1.48. The van der Waals surface area contributed by atoms with Crippen molar-refractivity contribution in [3.63, 3.8) is 0 Å². The van der Waals surface area contributed by atoms with E-state index < -0.39 is 0 Å². The molecule has 5 nitrogen and oxygen atoms in total. The molecule has 1 saturated heterocycles. The van der Waals surface area contributed by atoms with Gasteiger partial charge in [-0.15, -0.1) is 0 Å². The zero-order chi connectivity index (χ0) is 16.1. The highest BCUT2D eigenvalue weighted by Crippen LogP contribution is 2.16. The average Bonchev–Trinajstić information content (AvgIpc) is 3.09. The van der Waals surface area contributed by atoms with Gasteiger partial charge in [-0.3, -0.25) is 4.99 Å². The summed E-state index contributed by atoms with van der Waals surface area (Å²) in [6.07, 6.45) is 2.42. The Labute approximate surface area is 135 Å². The topological polar surface area (TPSA) is 58.0 Å². The van der Waals surface area contributed by atoms with E-state index in [0.29, 0.717) is 12.5 Å². The van der Waals surface area contributed by atoms with Crippen molar-refractivity contribution in [2.75, 3.05) is 37.6 Å². The van der Waals surface area contributed by atoms with Crippen molar-refractivity contribution in [1.82, 2.24) is 4.90 Å². The third-order valence-corrected chi connectivity index (χ3v) is 4.01. The maximum atomic E-state index is 13.0. The molecule has 23 heavy (non-hydrogen) atoms. The van der Waals surface area contributed by atoms with Crippen molar-refractivity contribution in [1.29, 1.82) is 0 Å². The second-order valence-corrected chi connectivity index (χ2v) is 5.52. The number of hydrogen-bond donors (Lipinski definition) is 1. The molecule has 122 valence electrons. The molecule has 0 aliphatic carbocycles. The number of benzene rings is 1. The molecule has 1 fully saturated rings. The number of anilines is 1. The van der Waals surface area contributed by atoms with Crippen molar-refractivity contribution in [2.24, 2.45) is 10.7 Å². The summed E-state index contributed by atoms with van der Waals surface area (Å²) in [5.74, 6) is 1.29. The van der Waals surface area contributed by atoms with E-state index in [1.807, 2.05) is 24.3 Å². The molecule has 1 aliphatic rings. The van der Waals surface area contributed by atoms with E-state index in [2.05, 4.69) is 14.8 Å². The predicted molar refractivity (Wildman–Crippen MR) is 89.1 cm³/mol. The Bertz CT molecular complexity index is 631. The van der Waals surface area contributed by atoms with E-state index in [1.54, 1.807) is 6.26 Å². The highest BCUT2D eigenvalue weighted by atomic mass is 19.1. The van der Waals surface area contributed by atoms with Gasteiger partial charge in [-0.1, -0.05) is 0 Å². The summed E-state index contributed by atoms with van der Waals surface area (Å²) in [6.45, 7) is 3.94. The minimum Gasteiger partial charge on any atom is -0.469 e.